The predicted molar refractivity (Wildman–Crippen MR) is 73.3 cm³/mol. The van der Waals surface area contributed by atoms with Crippen molar-refractivity contribution in [1.82, 2.24) is 5.32 Å². The molecule has 1 rings (SSSR count). The highest BCUT2D eigenvalue weighted by Gasteiger charge is 2.09. The zero-order chi connectivity index (χ0) is 13.4. The molecule has 0 radical (unpaired) electrons. The fraction of sp³-hybridized carbons (Fsp3) is 0.538. The molecule has 0 saturated heterocycles. The Morgan fingerprint density at radius 1 is 1.39 bits per heavy atom. The topological polar surface area (TPSA) is 30.5 Å². The van der Waals surface area contributed by atoms with Crippen molar-refractivity contribution in [3.63, 3.8) is 0 Å². The van der Waals surface area contributed by atoms with Crippen LogP contribution < -0.4 is 5.32 Å². The number of benzene rings is 1. The summed E-state index contributed by atoms with van der Waals surface area (Å²) < 4.78 is 24.0. The number of ether oxygens (including phenoxy) is 2. The number of nitrogens with one attached hydrogen (secondary N) is 1. The minimum Gasteiger partial charge on any atom is -0.382 e. The molecule has 0 aromatic heterocycles. The van der Waals surface area contributed by atoms with E-state index in [1.165, 1.54) is 6.07 Å². The highest BCUT2D eigenvalue weighted by molar-refractivity contribution is 9.10. The molecule has 0 aliphatic rings. The molecule has 1 aromatic rings. The molecule has 102 valence electrons. The first-order valence-corrected chi connectivity index (χ1v) is 6.64. The lowest BCUT2D eigenvalue weighted by molar-refractivity contribution is 0.0598. The van der Waals surface area contributed by atoms with Gasteiger partial charge in [-0.3, -0.25) is 0 Å². The minimum atomic E-state index is -0.240. The predicted octanol–water partition coefficient (Wildman–Crippen LogP) is 2.38. The van der Waals surface area contributed by atoms with Gasteiger partial charge in [-0.25, -0.2) is 4.39 Å². The van der Waals surface area contributed by atoms with Crippen LogP contribution in [0.4, 0.5) is 4.39 Å². The van der Waals surface area contributed by atoms with Crippen molar-refractivity contribution < 1.29 is 13.9 Å². The molecule has 3 nitrogen and oxygen atoms in total. The van der Waals surface area contributed by atoms with Gasteiger partial charge in [0.2, 0.25) is 0 Å². The molecular weight excluding hydrogens is 301 g/mol. The Hall–Kier alpha value is -0.490. The van der Waals surface area contributed by atoms with Gasteiger partial charge in [0, 0.05) is 13.2 Å². The van der Waals surface area contributed by atoms with Gasteiger partial charge < -0.3 is 14.8 Å². The van der Waals surface area contributed by atoms with E-state index >= 15 is 0 Å². The molecule has 0 heterocycles. The SMILES string of the molecule is CNC(COCCOC)Cc1ccc(F)c(Br)c1. The maximum Gasteiger partial charge on any atom is 0.137 e. The Balaban J connectivity index is 2.44. The van der Waals surface area contributed by atoms with E-state index in [4.69, 9.17) is 9.47 Å². The van der Waals surface area contributed by atoms with Gasteiger partial charge in [-0.15, -0.1) is 0 Å². The van der Waals surface area contributed by atoms with Gasteiger partial charge in [-0.2, -0.15) is 0 Å². The zero-order valence-corrected chi connectivity index (χ0v) is 12.3. The fourth-order valence-corrected chi connectivity index (χ4v) is 1.99. The summed E-state index contributed by atoms with van der Waals surface area (Å²) >= 11 is 3.19. The van der Waals surface area contributed by atoms with Gasteiger partial charge >= 0.3 is 0 Å². The van der Waals surface area contributed by atoms with E-state index in [0.717, 1.165) is 12.0 Å². The van der Waals surface area contributed by atoms with Crippen LogP contribution in [0.2, 0.25) is 0 Å². The second-order valence-corrected chi connectivity index (χ2v) is 4.86. The number of likely N-dealkylation sites (N-methyl/N-ethyl adjacent to an activating group) is 1. The normalized spacial score (nSPS) is 12.7. The van der Waals surface area contributed by atoms with Gasteiger partial charge in [0.05, 0.1) is 24.3 Å². The minimum absolute atomic E-state index is 0.208. The third-order valence-electron chi connectivity index (χ3n) is 2.63. The van der Waals surface area contributed by atoms with Crippen molar-refractivity contribution in [3.8, 4) is 0 Å². The Bertz CT molecular complexity index is 363. The standard InChI is InChI=1S/C13H19BrFNO2/c1-16-11(9-18-6-5-17-2)7-10-3-4-13(15)12(14)8-10/h3-4,8,11,16H,5-7,9H2,1-2H3. The summed E-state index contributed by atoms with van der Waals surface area (Å²) in [6, 6.07) is 5.27. The lowest BCUT2D eigenvalue weighted by Crippen LogP contribution is -2.33. The first kappa shape index (κ1) is 15.6. The average Bonchev–Trinajstić information content (AvgIpc) is 2.37. The smallest absolute Gasteiger partial charge is 0.137 e. The van der Waals surface area contributed by atoms with Gasteiger partial charge in [0.1, 0.15) is 5.82 Å². The third kappa shape index (κ3) is 5.44. The summed E-state index contributed by atoms with van der Waals surface area (Å²) in [6.45, 7) is 1.79. The van der Waals surface area contributed by atoms with Gasteiger partial charge in [0.15, 0.2) is 0 Å². The zero-order valence-electron chi connectivity index (χ0n) is 10.7. The Kier molecular flexibility index (Phi) is 7.42. The molecule has 0 amide bonds. The average molecular weight is 320 g/mol. The van der Waals surface area contributed by atoms with Crippen LogP contribution in [0.1, 0.15) is 5.56 Å². The highest BCUT2D eigenvalue weighted by atomic mass is 79.9. The highest BCUT2D eigenvalue weighted by Crippen LogP contribution is 2.17. The molecule has 0 aliphatic heterocycles. The van der Waals surface area contributed by atoms with Crippen LogP contribution in [0.15, 0.2) is 22.7 Å². The van der Waals surface area contributed by atoms with E-state index in [0.29, 0.717) is 24.3 Å². The molecule has 1 atom stereocenters. The monoisotopic (exact) mass is 319 g/mol. The summed E-state index contributed by atoms with van der Waals surface area (Å²) in [6.07, 6.45) is 0.794. The van der Waals surface area contributed by atoms with Crippen molar-refractivity contribution in [1.29, 1.82) is 0 Å². The van der Waals surface area contributed by atoms with E-state index in [1.54, 1.807) is 19.2 Å². The van der Waals surface area contributed by atoms with Crippen LogP contribution in [0.25, 0.3) is 0 Å². The second-order valence-electron chi connectivity index (χ2n) is 4.01. The summed E-state index contributed by atoms with van der Waals surface area (Å²) in [5.74, 6) is -0.240. The summed E-state index contributed by atoms with van der Waals surface area (Å²) in [4.78, 5) is 0. The molecule has 5 heteroatoms. The maximum absolute atomic E-state index is 13.1. The summed E-state index contributed by atoms with van der Waals surface area (Å²) in [7, 11) is 3.54. The molecule has 18 heavy (non-hydrogen) atoms. The van der Waals surface area contributed by atoms with Crippen molar-refractivity contribution in [2.24, 2.45) is 0 Å². The Morgan fingerprint density at radius 3 is 2.78 bits per heavy atom. The van der Waals surface area contributed by atoms with E-state index in [2.05, 4.69) is 21.2 Å². The van der Waals surface area contributed by atoms with Gasteiger partial charge in [0.25, 0.3) is 0 Å². The molecule has 0 spiro atoms. The van der Waals surface area contributed by atoms with Crippen molar-refractivity contribution in [2.45, 2.75) is 12.5 Å². The number of hydrogen-bond donors (Lipinski definition) is 1. The molecule has 0 saturated carbocycles. The molecule has 1 aromatic carbocycles. The summed E-state index contributed by atoms with van der Waals surface area (Å²) in [5, 5.41) is 3.19. The summed E-state index contributed by atoms with van der Waals surface area (Å²) in [5.41, 5.74) is 1.07. The van der Waals surface area contributed by atoms with Crippen molar-refractivity contribution in [3.05, 3.63) is 34.1 Å². The van der Waals surface area contributed by atoms with Gasteiger partial charge in [-0.05, 0) is 47.1 Å². The number of halogens is 2. The van der Waals surface area contributed by atoms with Crippen molar-refractivity contribution >= 4 is 15.9 Å². The number of methoxy groups -OCH3 is 1. The largest absolute Gasteiger partial charge is 0.382 e. The van der Waals surface area contributed by atoms with Crippen LogP contribution in [-0.2, 0) is 15.9 Å². The first-order valence-electron chi connectivity index (χ1n) is 5.85. The quantitative estimate of drug-likeness (QED) is 0.746. The van der Waals surface area contributed by atoms with E-state index in [9.17, 15) is 4.39 Å². The van der Waals surface area contributed by atoms with Crippen LogP contribution in [0, 0.1) is 5.82 Å². The molecular formula is C13H19BrFNO2. The van der Waals surface area contributed by atoms with Crippen molar-refractivity contribution in [2.75, 3.05) is 34.0 Å². The number of hydrogen-bond acceptors (Lipinski definition) is 3. The molecule has 0 bridgehead atoms. The molecule has 0 fully saturated rings. The third-order valence-corrected chi connectivity index (χ3v) is 3.23. The molecule has 1 unspecified atom stereocenters. The maximum atomic E-state index is 13.1. The second kappa shape index (κ2) is 8.58. The van der Waals surface area contributed by atoms with E-state index in [1.807, 2.05) is 7.05 Å². The molecule has 1 N–H and O–H groups in total. The Morgan fingerprint density at radius 2 is 2.17 bits per heavy atom. The number of rotatable bonds is 8. The fourth-order valence-electron chi connectivity index (χ4n) is 1.56. The van der Waals surface area contributed by atoms with Crippen LogP contribution in [0.5, 0.6) is 0 Å². The van der Waals surface area contributed by atoms with Crippen LogP contribution >= 0.6 is 15.9 Å². The Labute approximate surface area is 116 Å². The van der Waals surface area contributed by atoms with E-state index in [-0.39, 0.29) is 11.9 Å². The van der Waals surface area contributed by atoms with Crippen LogP contribution in [0.3, 0.4) is 0 Å². The first-order chi connectivity index (χ1) is 8.67. The molecule has 0 aliphatic carbocycles. The lowest BCUT2D eigenvalue weighted by atomic mass is 10.1. The lowest BCUT2D eigenvalue weighted by Gasteiger charge is -2.16. The van der Waals surface area contributed by atoms with E-state index < -0.39 is 0 Å². The van der Waals surface area contributed by atoms with Crippen LogP contribution in [-0.4, -0.2) is 40.0 Å². The van der Waals surface area contributed by atoms with Gasteiger partial charge in [-0.1, -0.05) is 6.07 Å².